The van der Waals surface area contributed by atoms with Crippen molar-refractivity contribution in [1.29, 1.82) is 0 Å². The van der Waals surface area contributed by atoms with Crippen LogP contribution in [0.4, 0.5) is 0 Å². The molecule has 1 saturated heterocycles. The minimum Gasteiger partial charge on any atom is -0.388 e. The van der Waals surface area contributed by atoms with E-state index < -0.39 is 24.4 Å². The molecule has 2 N–H and O–H groups in total. The van der Waals surface area contributed by atoms with Crippen LogP contribution in [-0.2, 0) is 9.47 Å². The summed E-state index contributed by atoms with van der Waals surface area (Å²) in [7, 11) is 3.79. The van der Waals surface area contributed by atoms with E-state index in [0.29, 0.717) is 6.61 Å². The Morgan fingerprint density at radius 2 is 2.11 bits per heavy atom. The summed E-state index contributed by atoms with van der Waals surface area (Å²) in [6.45, 7) is 4.28. The first kappa shape index (κ1) is 15.1. The molecule has 110 valence electrons. The van der Waals surface area contributed by atoms with Crippen LogP contribution in [0.15, 0.2) is 4.99 Å². The van der Waals surface area contributed by atoms with Crippen LogP contribution in [0, 0.1) is 0 Å². The van der Waals surface area contributed by atoms with Crippen molar-refractivity contribution in [2.24, 2.45) is 4.99 Å². The van der Waals surface area contributed by atoms with Gasteiger partial charge in [0, 0.05) is 20.7 Å². The summed E-state index contributed by atoms with van der Waals surface area (Å²) >= 11 is 1.47. The molecular formula is C12H22N2O4S. The van der Waals surface area contributed by atoms with Crippen molar-refractivity contribution < 1.29 is 19.7 Å². The zero-order valence-electron chi connectivity index (χ0n) is 11.7. The third kappa shape index (κ3) is 2.90. The lowest BCUT2D eigenvalue weighted by atomic mass is 9.95. The summed E-state index contributed by atoms with van der Waals surface area (Å²) < 4.78 is 11.3. The fourth-order valence-electron chi connectivity index (χ4n) is 2.34. The van der Waals surface area contributed by atoms with Crippen molar-refractivity contribution in [2.75, 3.05) is 20.7 Å². The van der Waals surface area contributed by atoms with Crippen LogP contribution in [0.3, 0.4) is 0 Å². The molecule has 0 radical (unpaired) electrons. The highest BCUT2D eigenvalue weighted by Crippen LogP contribution is 2.37. The van der Waals surface area contributed by atoms with E-state index in [1.165, 1.54) is 11.8 Å². The molecule has 19 heavy (non-hydrogen) atoms. The van der Waals surface area contributed by atoms with Gasteiger partial charge in [0.25, 0.3) is 0 Å². The van der Waals surface area contributed by atoms with Crippen molar-refractivity contribution in [3.8, 4) is 0 Å². The van der Waals surface area contributed by atoms with Gasteiger partial charge < -0.3 is 24.6 Å². The van der Waals surface area contributed by atoms with Crippen LogP contribution in [-0.4, -0.2) is 76.9 Å². The summed E-state index contributed by atoms with van der Waals surface area (Å²) in [5.41, 5.74) is -0.260. The van der Waals surface area contributed by atoms with E-state index >= 15 is 0 Å². The molecule has 0 aromatic rings. The third-order valence-electron chi connectivity index (χ3n) is 3.36. The lowest BCUT2D eigenvalue weighted by Crippen LogP contribution is -2.58. The fraction of sp³-hybridized carbons (Fsp3) is 0.917. The summed E-state index contributed by atoms with van der Waals surface area (Å²) in [5.74, 6) is 0. The van der Waals surface area contributed by atoms with Gasteiger partial charge in [-0.1, -0.05) is 11.8 Å². The number of aliphatic hydroxyl groups excluding tert-OH is 2. The average molecular weight is 290 g/mol. The van der Waals surface area contributed by atoms with E-state index in [2.05, 4.69) is 4.99 Å². The van der Waals surface area contributed by atoms with Gasteiger partial charge in [-0.15, -0.1) is 0 Å². The van der Waals surface area contributed by atoms with Crippen LogP contribution in [0.25, 0.3) is 0 Å². The standard InChI is InChI=1S/C12H22N2O4S/c1-5-17-6(2)10-9(16)8(15)7-11(18-10)19-12(13-7)14(3)4/h6-11,15-16H,5H2,1-4H3/t6-,7+,8+,9-,10+,11+/m0/s1. The van der Waals surface area contributed by atoms with E-state index in [1.807, 2.05) is 32.8 Å². The van der Waals surface area contributed by atoms with E-state index in [1.54, 1.807) is 0 Å². The van der Waals surface area contributed by atoms with Gasteiger partial charge in [0.15, 0.2) is 5.17 Å². The van der Waals surface area contributed by atoms with Gasteiger partial charge in [0.05, 0.1) is 6.10 Å². The Kier molecular flexibility index (Phi) is 4.73. The molecule has 1 fully saturated rings. The van der Waals surface area contributed by atoms with Crippen molar-refractivity contribution in [1.82, 2.24) is 4.90 Å². The molecule has 0 amide bonds. The molecule has 6 nitrogen and oxygen atoms in total. The second kappa shape index (κ2) is 5.97. The predicted octanol–water partition coefficient (Wildman–Crippen LogP) is -0.109. The molecule has 2 rings (SSSR count). The maximum atomic E-state index is 10.2. The molecule has 2 aliphatic rings. The highest BCUT2D eigenvalue weighted by Gasteiger charge is 2.50. The van der Waals surface area contributed by atoms with Crippen LogP contribution in [0.2, 0.25) is 0 Å². The number of fused-ring (bicyclic) bond motifs is 1. The Balaban J connectivity index is 2.10. The number of aliphatic imine (C=N–C) groups is 1. The number of hydrogen-bond acceptors (Lipinski definition) is 7. The molecule has 0 aromatic carbocycles. The zero-order valence-corrected chi connectivity index (χ0v) is 12.5. The average Bonchev–Trinajstić information content (AvgIpc) is 2.78. The van der Waals surface area contributed by atoms with Crippen molar-refractivity contribution in [3.05, 3.63) is 0 Å². The van der Waals surface area contributed by atoms with Gasteiger partial charge >= 0.3 is 0 Å². The largest absolute Gasteiger partial charge is 0.388 e. The number of nitrogens with zero attached hydrogens (tertiary/aromatic N) is 2. The van der Waals surface area contributed by atoms with Crippen LogP contribution < -0.4 is 0 Å². The van der Waals surface area contributed by atoms with Gasteiger partial charge in [0.2, 0.25) is 0 Å². The normalized spacial score (nSPS) is 39.7. The third-order valence-corrected chi connectivity index (χ3v) is 4.67. The van der Waals surface area contributed by atoms with Crippen molar-refractivity contribution in [2.45, 2.75) is 49.7 Å². The molecule has 0 spiro atoms. The molecule has 6 atom stereocenters. The first-order valence-corrected chi connectivity index (χ1v) is 7.38. The van der Waals surface area contributed by atoms with Crippen LogP contribution in [0.1, 0.15) is 13.8 Å². The monoisotopic (exact) mass is 290 g/mol. The first-order chi connectivity index (χ1) is 8.95. The van der Waals surface area contributed by atoms with E-state index in [4.69, 9.17) is 9.47 Å². The summed E-state index contributed by atoms with van der Waals surface area (Å²) in [4.78, 5) is 6.29. The van der Waals surface area contributed by atoms with E-state index in [0.717, 1.165) is 5.17 Å². The van der Waals surface area contributed by atoms with Gasteiger partial charge in [0.1, 0.15) is 29.8 Å². The maximum Gasteiger partial charge on any atom is 0.161 e. The SMILES string of the molecule is CCO[C@@H](C)[C@H]1O[C@@H]2SC(N(C)C)=N[C@@H]2[C@@H](O)[C@@H]1O. The maximum absolute atomic E-state index is 10.2. The topological polar surface area (TPSA) is 74.5 Å². The van der Waals surface area contributed by atoms with Crippen molar-refractivity contribution >= 4 is 16.9 Å². The van der Waals surface area contributed by atoms with Crippen molar-refractivity contribution in [3.63, 3.8) is 0 Å². The number of aliphatic hydroxyl groups is 2. The van der Waals surface area contributed by atoms with E-state index in [9.17, 15) is 10.2 Å². The lowest BCUT2D eigenvalue weighted by molar-refractivity contribution is -0.190. The molecule has 2 aliphatic heterocycles. The molecule has 0 saturated carbocycles. The van der Waals surface area contributed by atoms with Crippen LogP contribution >= 0.6 is 11.8 Å². The molecule has 0 bridgehead atoms. The number of thioether (sulfide) groups is 1. The minimum absolute atomic E-state index is 0.260. The van der Waals surface area contributed by atoms with Crippen LogP contribution in [0.5, 0.6) is 0 Å². The summed E-state index contributed by atoms with van der Waals surface area (Å²) in [6, 6.07) is -0.414. The number of ether oxygens (including phenoxy) is 2. The smallest absolute Gasteiger partial charge is 0.161 e. The highest BCUT2D eigenvalue weighted by atomic mass is 32.2. The Morgan fingerprint density at radius 1 is 1.42 bits per heavy atom. The Morgan fingerprint density at radius 3 is 2.68 bits per heavy atom. The fourth-order valence-corrected chi connectivity index (χ4v) is 3.48. The van der Waals surface area contributed by atoms with Gasteiger partial charge in [-0.2, -0.15) is 0 Å². The van der Waals surface area contributed by atoms with E-state index in [-0.39, 0.29) is 11.5 Å². The lowest BCUT2D eigenvalue weighted by Gasteiger charge is -2.40. The number of hydrogen-bond donors (Lipinski definition) is 2. The summed E-state index contributed by atoms with van der Waals surface area (Å²) in [5, 5.41) is 21.2. The first-order valence-electron chi connectivity index (χ1n) is 6.50. The molecular weight excluding hydrogens is 268 g/mol. The quantitative estimate of drug-likeness (QED) is 0.755. The van der Waals surface area contributed by atoms with Gasteiger partial charge in [-0.25, -0.2) is 0 Å². The second-order valence-electron chi connectivity index (χ2n) is 5.03. The van der Waals surface area contributed by atoms with Gasteiger partial charge in [-0.3, -0.25) is 4.99 Å². The molecule has 2 heterocycles. The number of amidine groups is 1. The predicted molar refractivity (Wildman–Crippen MR) is 74.3 cm³/mol. The minimum atomic E-state index is -0.978. The molecule has 0 aromatic heterocycles. The Labute approximate surface area is 117 Å². The molecule has 7 heteroatoms. The van der Waals surface area contributed by atoms with Gasteiger partial charge in [-0.05, 0) is 13.8 Å². The Hall–Kier alpha value is -0.340. The summed E-state index contributed by atoms with van der Waals surface area (Å²) in [6.07, 6.45) is -2.69. The number of rotatable bonds is 3. The Bertz CT molecular complexity index is 353. The zero-order chi connectivity index (χ0) is 14.2. The molecule has 0 unspecified atom stereocenters. The second-order valence-corrected chi connectivity index (χ2v) is 6.09. The molecule has 0 aliphatic carbocycles. The highest BCUT2D eigenvalue weighted by molar-refractivity contribution is 8.14.